The third-order valence-electron chi connectivity index (χ3n) is 2.53. The van der Waals surface area contributed by atoms with Crippen LogP contribution in [0.2, 0.25) is 0 Å². The Morgan fingerprint density at radius 2 is 2.20 bits per heavy atom. The van der Waals surface area contributed by atoms with Crippen molar-refractivity contribution in [3.8, 4) is 11.5 Å². The zero-order valence-electron chi connectivity index (χ0n) is 11.0. The van der Waals surface area contributed by atoms with Gasteiger partial charge in [0.15, 0.2) is 16.7 Å². The number of amides is 1. The highest BCUT2D eigenvalue weighted by Gasteiger charge is 2.22. The van der Waals surface area contributed by atoms with Gasteiger partial charge in [-0.05, 0) is 42.5 Å². The van der Waals surface area contributed by atoms with Crippen molar-refractivity contribution in [3.63, 3.8) is 0 Å². The van der Waals surface area contributed by atoms with Gasteiger partial charge in [-0.1, -0.05) is 15.9 Å². The normalized spacial score (nSPS) is 16.4. The lowest BCUT2D eigenvalue weighted by atomic mass is 10.2. The molecule has 1 aromatic carbocycles. The summed E-state index contributed by atoms with van der Waals surface area (Å²) in [5, 5.41) is 10.0. The van der Waals surface area contributed by atoms with Crippen LogP contribution in [-0.2, 0) is 4.79 Å². The van der Waals surface area contributed by atoms with Gasteiger partial charge in [-0.15, -0.1) is 0 Å². The van der Waals surface area contributed by atoms with Crippen LogP contribution in [-0.4, -0.2) is 24.8 Å². The summed E-state index contributed by atoms with van der Waals surface area (Å²) in [5.41, 5.74) is 0.793. The molecule has 1 aromatic rings. The van der Waals surface area contributed by atoms with Crippen molar-refractivity contribution in [2.45, 2.75) is 6.92 Å². The molecule has 0 aromatic heterocycles. The minimum absolute atomic E-state index is 0.135. The highest BCUT2D eigenvalue weighted by molar-refractivity contribution is 9.10. The second-order valence-electron chi connectivity index (χ2n) is 3.85. The third kappa shape index (κ3) is 3.16. The molecular weight excluding hydrogens is 344 g/mol. The number of thioether (sulfide) groups is 1. The van der Waals surface area contributed by atoms with Crippen LogP contribution in [0.15, 0.2) is 21.5 Å². The lowest BCUT2D eigenvalue weighted by molar-refractivity contribution is -0.115. The average molecular weight is 357 g/mol. The van der Waals surface area contributed by atoms with Gasteiger partial charge in [0.05, 0.1) is 18.6 Å². The largest absolute Gasteiger partial charge is 0.493 e. The predicted octanol–water partition coefficient (Wildman–Crippen LogP) is 3.00. The molecule has 1 amide bonds. The van der Waals surface area contributed by atoms with Crippen LogP contribution in [0.5, 0.6) is 11.5 Å². The van der Waals surface area contributed by atoms with Crippen LogP contribution >= 0.6 is 27.7 Å². The molecule has 0 radical (unpaired) electrons. The van der Waals surface area contributed by atoms with Crippen LogP contribution in [0.3, 0.4) is 0 Å². The number of rotatable bonds is 4. The van der Waals surface area contributed by atoms with E-state index < -0.39 is 0 Å². The van der Waals surface area contributed by atoms with E-state index in [1.165, 1.54) is 0 Å². The van der Waals surface area contributed by atoms with E-state index >= 15 is 0 Å². The van der Waals surface area contributed by atoms with Gasteiger partial charge in [0.1, 0.15) is 0 Å². The standard InChI is InChI=1S/C13H13BrN2O3S/c1-3-19-10-4-7(8(14)6-9(10)18-2)5-11-12(17)16-13(15)20-11/h4-6H,3H2,1-2H3,(H2,15,16,17)/b11-5+. The molecule has 1 saturated heterocycles. The number of hydrogen-bond donors (Lipinski definition) is 2. The van der Waals surface area contributed by atoms with E-state index in [0.717, 1.165) is 21.8 Å². The molecule has 20 heavy (non-hydrogen) atoms. The van der Waals surface area contributed by atoms with Crippen LogP contribution in [0.25, 0.3) is 6.08 Å². The first kappa shape index (κ1) is 14.9. The molecule has 0 bridgehead atoms. The van der Waals surface area contributed by atoms with E-state index in [4.69, 9.17) is 14.9 Å². The Morgan fingerprint density at radius 3 is 2.75 bits per heavy atom. The molecule has 0 unspecified atom stereocenters. The third-order valence-corrected chi connectivity index (χ3v) is 4.05. The number of hydrogen-bond acceptors (Lipinski definition) is 5. The van der Waals surface area contributed by atoms with Crippen molar-refractivity contribution >= 4 is 44.8 Å². The van der Waals surface area contributed by atoms with Crippen molar-refractivity contribution in [2.24, 2.45) is 0 Å². The topological polar surface area (TPSA) is 71.4 Å². The molecule has 2 rings (SSSR count). The fourth-order valence-corrected chi connectivity index (χ4v) is 2.80. The van der Waals surface area contributed by atoms with Gasteiger partial charge in [0.2, 0.25) is 0 Å². The summed E-state index contributed by atoms with van der Waals surface area (Å²) in [4.78, 5) is 12.1. The summed E-state index contributed by atoms with van der Waals surface area (Å²) in [6, 6.07) is 3.59. The van der Waals surface area contributed by atoms with Gasteiger partial charge >= 0.3 is 0 Å². The van der Waals surface area contributed by atoms with Gasteiger partial charge in [-0.25, -0.2) is 0 Å². The summed E-state index contributed by atoms with van der Waals surface area (Å²) in [7, 11) is 1.57. The average Bonchev–Trinajstić information content (AvgIpc) is 2.71. The van der Waals surface area contributed by atoms with Crippen LogP contribution in [0.4, 0.5) is 0 Å². The molecule has 0 saturated carbocycles. The number of carbonyl (C=O) groups excluding carboxylic acids is 1. The first-order valence-electron chi connectivity index (χ1n) is 5.85. The number of ether oxygens (including phenoxy) is 2. The molecule has 5 nitrogen and oxygen atoms in total. The minimum atomic E-state index is -0.263. The van der Waals surface area contributed by atoms with E-state index in [1.807, 2.05) is 6.92 Å². The Morgan fingerprint density at radius 1 is 1.45 bits per heavy atom. The Kier molecular flexibility index (Phi) is 4.72. The van der Waals surface area contributed by atoms with Crippen molar-refractivity contribution in [1.29, 1.82) is 5.41 Å². The Bertz CT molecular complexity index is 602. The maximum atomic E-state index is 11.6. The fourth-order valence-electron chi connectivity index (χ4n) is 1.67. The molecule has 106 valence electrons. The SMILES string of the molecule is CCOc1cc(/C=C2/SC(=N)NC2=O)c(Br)cc1OC. The number of benzene rings is 1. The lowest BCUT2D eigenvalue weighted by Gasteiger charge is -2.11. The van der Waals surface area contributed by atoms with Crippen molar-refractivity contribution in [2.75, 3.05) is 13.7 Å². The minimum Gasteiger partial charge on any atom is -0.493 e. The second-order valence-corrected chi connectivity index (χ2v) is 5.76. The van der Waals surface area contributed by atoms with Crippen LogP contribution in [0, 0.1) is 5.41 Å². The zero-order chi connectivity index (χ0) is 14.7. The van der Waals surface area contributed by atoms with E-state index in [0.29, 0.717) is 23.0 Å². The van der Waals surface area contributed by atoms with Gasteiger partial charge in [-0.2, -0.15) is 0 Å². The van der Waals surface area contributed by atoms with Crippen LogP contribution < -0.4 is 14.8 Å². The highest BCUT2D eigenvalue weighted by atomic mass is 79.9. The van der Waals surface area contributed by atoms with E-state index in [9.17, 15) is 4.79 Å². The maximum Gasteiger partial charge on any atom is 0.264 e. The Hall–Kier alpha value is -1.47. The molecule has 1 fully saturated rings. The summed E-state index contributed by atoms with van der Waals surface area (Å²) < 4.78 is 11.5. The van der Waals surface area contributed by atoms with Crippen molar-refractivity contribution in [3.05, 3.63) is 27.1 Å². The first-order chi connectivity index (χ1) is 9.55. The summed E-state index contributed by atoms with van der Waals surface area (Å²) in [6.07, 6.45) is 1.72. The first-order valence-corrected chi connectivity index (χ1v) is 7.46. The summed E-state index contributed by atoms with van der Waals surface area (Å²) in [5.74, 6) is 0.973. The molecule has 0 spiro atoms. The maximum absolute atomic E-state index is 11.6. The number of amidine groups is 1. The second kappa shape index (κ2) is 6.32. The summed E-state index contributed by atoms with van der Waals surface area (Å²) in [6.45, 7) is 2.41. The van der Waals surface area contributed by atoms with E-state index in [1.54, 1.807) is 25.3 Å². The monoisotopic (exact) mass is 356 g/mol. The molecule has 2 N–H and O–H groups in total. The summed E-state index contributed by atoms with van der Waals surface area (Å²) >= 11 is 4.54. The van der Waals surface area contributed by atoms with E-state index in [-0.39, 0.29) is 11.1 Å². The smallest absolute Gasteiger partial charge is 0.264 e. The number of methoxy groups -OCH3 is 1. The van der Waals surface area contributed by atoms with Gasteiger partial charge < -0.3 is 14.8 Å². The zero-order valence-corrected chi connectivity index (χ0v) is 13.4. The van der Waals surface area contributed by atoms with Crippen LogP contribution in [0.1, 0.15) is 12.5 Å². The fraction of sp³-hybridized carbons (Fsp3) is 0.231. The van der Waals surface area contributed by atoms with E-state index in [2.05, 4.69) is 21.2 Å². The van der Waals surface area contributed by atoms with Gasteiger partial charge in [-0.3, -0.25) is 10.2 Å². The lowest BCUT2D eigenvalue weighted by Crippen LogP contribution is -2.18. The molecule has 0 atom stereocenters. The number of carbonyl (C=O) groups is 1. The Labute approximate surface area is 129 Å². The molecule has 1 heterocycles. The molecule has 1 aliphatic heterocycles. The van der Waals surface area contributed by atoms with Gasteiger partial charge in [0.25, 0.3) is 5.91 Å². The Balaban J connectivity index is 2.41. The molecule has 1 aliphatic rings. The highest BCUT2D eigenvalue weighted by Crippen LogP contribution is 2.36. The molecule has 7 heteroatoms. The number of nitrogens with one attached hydrogen (secondary N) is 2. The predicted molar refractivity (Wildman–Crippen MR) is 83.3 cm³/mol. The number of halogens is 1. The molecular formula is C13H13BrN2O3S. The van der Waals surface area contributed by atoms with Crippen molar-refractivity contribution in [1.82, 2.24) is 5.32 Å². The molecule has 0 aliphatic carbocycles. The van der Waals surface area contributed by atoms with Crippen molar-refractivity contribution < 1.29 is 14.3 Å². The van der Waals surface area contributed by atoms with Gasteiger partial charge in [0, 0.05) is 4.47 Å². The quantitative estimate of drug-likeness (QED) is 0.813.